The zero-order valence-corrected chi connectivity index (χ0v) is 14.8. The van der Waals surface area contributed by atoms with Gasteiger partial charge in [-0.2, -0.15) is 0 Å². The highest BCUT2D eigenvalue weighted by Crippen LogP contribution is 2.23. The van der Waals surface area contributed by atoms with E-state index in [1.807, 2.05) is 0 Å². The Morgan fingerprint density at radius 3 is 1.48 bits per heavy atom. The molecule has 0 unspecified atom stereocenters. The van der Waals surface area contributed by atoms with Gasteiger partial charge in [-0.25, -0.2) is 0 Å². The monoisotopic (exact) mass is 350 g/mol. The van der Waals surface area contributed by atoms with Crippen LogP contribution in [0.25, 0.3) is 21.5 Å². The molecule has 0 atom stereocenters. The van der Waals surface area contributed by atoms with E-state index in [2.05, 4.69) is 95.1 Å². The third kappa shape index (κ3) is 3.08. The quantitative estimate of drug-likeness (QED) is 0.426. The molecule has 0 amide bonds. The predicted octanol–water partition coefficient (Wildman–Crippen LogP) is 5.56. The van der Waals surface area contributed by atoms with Gasteiger partial charge in [0.05, 0.1) is 12.8 Å². The maximum Gasteiger partial charge on any atom is 0.220 e. The minimum Gasteiger partial charge on any atom is -0.425 e. The molecule has 3 nitrogen and oxygen atoms in total. The fraction of sp³-hybridized carbons (Fsp3) is 0.0833. The number of fused-ring (bicyclic) bond motifs is 2. The molecule has 0 spiro atoms. The second kappa shape index (κ2) is 6.69. The molecule has 1 heterocycles. The van der Waals surface area contributed by atoms with E-state index in [0.29, 0.717) is 24.6 Å². The van der Waals surface area contributed by atoms with E-state index in [0.717, 1.165) is 0 Å². The molecule has 0 aliphatic carbocycles. The summed E-state index contributed by atoms with van der Waals surface area (Å²) in [5.74, 6) is 1.31. The number of hydrogen-bond donors (Lipinski definition) is 0. The molecule has 27 heavy (non-hydrogen) atoms. The van der Waals surface area contributed by atoms with Gasteiger partial charge in [0.1, 0.15) is 0 Å². The van der Waals surface area contributed by atoms with Crippen molar-refractivity contribution >= 4 is 21.5 Å². The molecular formula is C24H18N2O. The molecule has 1 aromatic heterocycles. The molecule has 0 radical (unpaired) electrons. The van der Waals surface area contributed by atoms with Crippen molar-refractivity contribution < 1.29 is 4.42 Å². The zero-order valence-electron chi connectivity index (χ0n) is 14.8. The number of benzene rings is 4. The first-order chi connectivity index (χ1) is 13.4. The Bertz CT molecular complexity index is 1130. The third-order valence-corrected chi connectivity index (χ3v) is 4.95. The molecule has 0 bridgehead atoms. The van der Waals surface area contributed by atoms with Crippen molar-refractivity contribution in [2.24, 2.45) is 0 Å². The Labute approximate surface area is 157 Å². The van der Waals surface area contributed by atoms with Crippen LogP contribution in [-0.2, 0) is 12.8 Å². The lowest BCUT2D eigenvalue weighted by atomic mass is 10.0. The van der Waals surface area contributed by atoms with Gasteiger partial charge < -0.3 is 4.42 Å². The van der Waals surface area contributed by atoms with Crippen molar-refractivity contribution in [1.82, 2.24) is 10.2 Å². The molecule has 130 valence electrons. The van der Waals surface area contributed by atoms with Crippen molar-refractivity contribution in [3.8, 4) is 0 Å². The molecule has 0 saturated heterocycles. The van der Waals surface area contributed by atoms with Crippen LogP contribution >= 0.6 is 0 Å². The summed E-state index contributed by atoms with van der Waals surface area (Å²) in [5.41, 5.74) is 2.40. The normalized spacial score (nSPS) is 11.3. The SMILES string of the molecule is c1ccc2c(Cc3nnc(Cc4cccc5ccccc45)o3)cccc2c1. The summed E-state index contributed by atoms with van der Waals surface area (Å²) in [6.45, 7) is 0. The minimum atomic E-state index is 0.643. The number of aromatic nitrogens is 2. The molecular weight excluding hydrogens is 332 g/mol. The van der Waals surface area contributed by atoms with Gasteiger partial charge in [-0.3, -0.25) is 0 Å². The molecule has 5 rings (SSSR count). The highest BCUT2D eigenvalue weighted by molar-refractivity contribution is 5.86. The van der Waals surface area contributed by atoms with Crippen molar-refractivity contribution in [1.29, 1.82) is 0 Å². The maximum atomic E-state index is 5.97. The first-order valence-corrected chi connectivity index (χ1v) is 9.11. The van der Waals surface area contributed by atoms with Crippen LogP contribution in [0.5, 0.6) is 0 Å². The average molecular weight is 350 g/mol. The first kappa shape index (κ1) is 15.8. The standard InChI is InChI=1S/C24H18N2O/c1-3-13-21-17(7-1)9-5-11-19(21)15-23-25-26-24(27-23)16-20-12-6-10-18-8-2-4-14-22(18)20/h1-14H,15-16H2. The zero-order chi connectivity index (χ0) is 18.1. The van der Waals surface area contributed by atoms with Gasteiger partial charge in [-0.1, -0.05) is 84.9 Å². The van der Waals surface area contributed by atoms with E-state index in [9.17, 15) is 0 Å². The van der Waals surface area contributed by atoms with E-state index in [1.165, 1.54) is 32.7 Å². The Balaban J connectivity index is 1.43. The van der Waals surface area contributed by atoms with Gasteiger partial charge in [-0.05, 0) is 32.7 Å². The van der Waals surface area contributed by atoms with E-state index in [4.69, 9.17) is 4.42 Å². The highest BCUT2D eigenvalue weighted by atomic mass is 16.4. The fourth-order valence-electron chi connectivity index (χ4n) is 3.65. The van der Waals surface area contributed by atoms with Gasteiger partial charge in [0, 0.05) is 0 Å². The van der Waals surface area contributed by atoms with E-state index in [-0.39, 0.29) is 0 Å². The van der Waals surface area contributed by atoms with Crippen LogP contribution in [0.4, 0.5) is 0 Å². The Kier molecular flexibility index (Phi) is 3.91. The summed E-state index contributed by atoms with van der Waals surface area (Å²) >= 11 is 0. The molecule has 0 fully saturated rings. The molecule has 0 aliphatic heterocycles. The lowest BCUT2D eigenvalue weighted by Crippen LogP contribution is -1.90. The van der Waals surface area contributed by atoms with E-state index in [1.54, 1.807) is 0 Å². The topological polar surface area (TPSA) is 38.9 Å². The highest BCUT2D eigenvalue weighted by Gasteiger charge is 2.11. The molecule has 3 heteroatoms. The summed E-state index contributed by atoms with van der Waals surface area (Å²) in [6.07, 6.45) is 1.29. The summed E-state index contributed by atoms with van der Waals surface area (Å²) in [7, 11) is 0. The van der Waals surface area contributed by atoms with Gasteiger partial charge in [-0.15, -0.1) is 10.2 Å². The summed E-state index contributed by atoms with van der Waals surface area (Å²) in [4.78, 5) is 0. The van der Waals surface area contributed by atoms with E-state index >= 15 is 0 Å². The Morgan fingerprint density at radius 1 is 0.519 bits per heavy atom. The summed E-state index contributed by atoms with van der Waals surface area (Å²) in [5, 5.41) is 13.5. The summed E-state index contributed by atoms with van der Waals surface area (Å²) < 4.78 is 5.97. The molecule has 4 aromatic carbocycles. The van der Waals surface area contributed by atoms with Crippen LogP contribution in [0.1, 0.15) is 22.9 Å². The number of nitrogens with zero attached hydrogens (tertiary/aromatic N) is 2. The molecule has 0 aliphatic rings. The van der Waals surface area contributed by atoms with Crippen molar-refractivity contribution in [2.75, 3.05) is 0 Å². The van der Waals surface area contributed by atoms with Crippen LogP contribution < -0.4 is 0 Å². The predicted molar refractivity (Wildman–Crippen MR) is 108 cm³/mol. The van der Waals surface area contributed by atoms with Crippen LogP contribution in [-0.4, -0.2) is 10.2 Å². The second-order valence-corrected chi connectivity index (χ2v) is 6.72. The average Bonchev–Trinajstić information content (AvgIpc) is 3.15. The van der Waals surface area contributed by atoms with Gasteiger partial charge in [0.2, 0.25) is 11.8 Å². The Hall–Kier alpha value is -3.46. The van der Waals surface area contributed by atoms with Crippen LogP contribution in [0.15, 0.2) is 89.3 Å². The Morgan fingerprint density at radius 2 is 0.963 bits per heavy atom. The van der Waals surface area contributed by atoms with Crippen molar-refractivity contribution in [3.05, 3.63) is 108 Å². The lowest BCUT2D eigenvalue weighted by Gasteiger charge is -2.04. The van der Waals surface area contributed by atoms with Crippen molar-refractivity contribution in [2.45, 2.75) is 12.8 Å². The molecule has 0 saturated carbocycles. The second-order valence-electron chi connectivity index (χ2n) is 6.72. The molecule has 0 N–H and O–H groups in total. The third-order valence-electron chi connectivity index (χ3n) is 4.95. The lowest BCUT2D eigenvalue weighted by molar-refractivity contribution is 0.467. The van der Waals surface area contributed by atoms with Crippen molar-refractivity contribution in [3.63, 3.8) is 0 Å². The number of hydrogen-bond acceptors (Lipinski definition) is 3. The minimum absolute atomic E-state index is 0.643. The van der Waals surface area contributed by atoms with Crippen LogP contribution in [0.3, 0.4) is 0 Å². The van der Waals surface area contributed by atoms with Gasteiger partial charge in [0.25, 0.3) is 0 Å². The van der Waals surface area contributed by atoms with Crippen LogP contribution in [0.2, 0.25) is 0 Å². The first-order valence-electron chi connectivity index (χ1n) is 9.11. The van der Waals surface area contributed by atoms with E-state index < -0.39 is 0 Å². The maximum absolute atomic E-state index is 5.97. The largest absolute Gasteiger partial charge is 0.425 e. The smallest absolute Gasteiger partial charge is 0.220 e. The number of rotatable bonds is 4. The molecule has 5 aromatic rings. The summed E-state index contributed by atoms with van der Waals surface area (Å²) in [6, 6.07) is 29.4. The van der Waals surface area contributed by atoms with Gasteiger partial charge >= 0.3 is 0 Å². The fourth-order valence-corrected chi connectivity index (χ4v) is 3.65. The van der Waals surface area contributed by atoms with Gasteiger partial charge in [0.15, 0.2) is 0 Å². The van der Waals surface area contributed by atoms with Crippen LogP contribution in [0, 0.1) is 0 Å².